The number of anilines is 1. The largest absolute Gasteiger partial charge is 0.367 e. The number of benzene rings is 1. The number of piperidine rings is 1. The first-order valence-electron chi connectivity index (χ1n) is 6.12. The van der Waals surface area contributed by atoms with E-state index in [4.69, 9.17) is 16.3 Å². The average molecular weight is 269 g/mol. The van der Waals surface area contributed by atoms with Crippen LogP contribution in [0.2, 0.25) is 5.02 Å². The third-order valence-electron chi connectivity index (χ3n) is 2.85. The molecule has 1 aliphatic rings. The standard InChI is InChI=1S/C13H17ClN2O2/c14-11-5-1-2-6-12(11)16-13(17)9-18-10-4-3-7-15-8-10/h1-2,5-6,10,15H,3-4,7-9H2,(H,16,17). The predicted octanol–water partition coefficient (Wildman–Crippen LogP) is 2.05. The second-order valence-corrected chi connectivity index (χ2v) is 4.71. The van der Waals surface area contributed by atoms with Crippen LogP contribution in [-0.2, 0) is 9.53 Å². The highest BCUT2D eigenvalue weighted by molar-refractivity contribution is 6.33. The van der Waals surface area contributed by atoms with E-state index in [1.54, 1.807) is 12.1 Å². The molecule has 1 amide bonds. The molecule has 0 aromatic heterocycles. The Kier molecular flexibility index (Phi) is 4.99. The molecular formula is C13H17ClN2O2. The smallest absolute Gasteiger partial charge is 0.250 e. The Morgan fingerprint density at radius 1 is 1.50 bits per heavy atom. The number of carbonyl (C=O) groups is 1. The van der Waals surface area contributed by atoms with E-state index < -0.39 is 0 Å². The lowest BCUT2D eigenvalue weighted by atomic mass is 10.1. The maximum Gasteiger partial charge on any atom is 0.250 e. The lowest BCUT2D eigenvalue weighted by Crippen LogP contribution is -2.37. The Bertz CT molecular complexity index is 406. The molecule has 5 heteroatoms. The molecule has 1 atom stereocenters. The number of ether oxygens (including phenoxy) is 1. The molecule has 0 bridgehead atoms. The van der Waals surface area contributed by atoms with Gasteiger partial charge >= 0.3 is 0 Å². The van der Waals surface area contributed by atoms with Crippen LogP contribution in [0.1, 0.15) is 12.8 Å². The van der Waals surface area contributed by atoms with Crippen LogP contribution < -0.4 is 10.6 Å². The maximum absolute atomic E-state index is 11.7. The molecule has 2 rings (SSSR count). The van der Waals surface area contributed by atoms with Gasteiger partial charge in [-0.3, -0.25) is 4.79 Å². The van der Waals surface area contributed by atoms with Crippen LogP contribution >= 0.6 is 11.6 Å². The molecule has 2 N–H and O–H groups in total. The van der Waals surface area contributed by atoms with Gasteiger partial charge in [0.15, 0.2) is 0 Å². The first kappa shape index (κ1) is 13.3. The van der Waals surface area contributed by atoms with Gasteiger partial charge in [0.05, 0.1) is 16.8 Å². The molecule has 4 nitrogen and oxygen atoms in total. The normalized spacial score (nSPS) is 19.5. The van der Waals surface area contributed by atoms with Crippen LogP contribution in [0.25, 0.3) is 0 Å². The van der Waals surface area contributed by atoms with Crippen LogP contribution in [0.3, 0.4) is 0 Å². The third-order valence-corrected chi connectivity index (χ3v) is 3.18. The van der Waals surface area contributed by atoms with Crippen molar-refractivity contribution >= 4 is 23.2 Å². The van der Waals surface area contributed by atoms with Crippen molar-refractivity contribution < 1.29 is 9.53 Å². The van der Waals surface area contributed by atoms with Crippen molar-refractivity contribution in [2.75, 3.05) is 25.0 Å². The number of nitrogens with one attached hydrogen (secondary N) is 2. The summed E-state index contributed by atoms with van der Waals surface area (Å²) in [4.78, 5) is 11.7. The van der Waals surface area contributed by atoms with E-state index in [0.29, 0.717) is 10.7 Å². The van der Waals surface area contributed by atoms with Crippen molar-refractivity contribution in [3.05, 3.63) is 29.3 Å². The molecule has 1 heterocycles. The van der Waals surface area contributed by atoms with Crippen LogP contribution in [0.15, 0.2) is 24.3 Å². The van der Waals surface area contributed by atoms with Crippen molar-refractivity contribution in [3.63, 3.8) is 0 Å². The first-order valence-corrected chi connectivity index (χ1v) is 6.50. The Balaban J connectivity index is 1.76. The van der Waals surface area contributed by atoms with Gasteiger partial charge in [-0.2, -0.15) is 0 Å². The Hall–Kier alpha value is -1.10. The van der Waals surface area contributed by atoms with Gasteiger partial charge in [-0.25, -0.2) is 0 Å². The van der Waals surface area contributed by atoms with E-state index in [1.807, 2.05) is 12.1 Å². The quantitative estimate of drug-likeness (QED) is 0.879. The molecule has 0 spiro atoms. The van der Waals surface area contributed by atoms with Gasteiger partial charge in [-0.05, 0) is 31.5 Å². The number of carbonyl (C=O) groups excluding carboxylic acids is 1. The molecular weight excluding hydrogens is 252 g/mol. The summed E-state index contributed by atoms with van der Waals surface area (Å²) in [6.45, 7) is 1.92. The maximum atomic E-state index is 11.7. The van der Waals surface area contributed by atoms with Gasteiger partial charge in [0.25, 0.3) is 0 Å². The van der Waals surface area contributed by atoms with Gasteiger partial charge in [0.1, 0.15) is 6.61 Å². The SMILES string of the molecule is O=C(COC1CCCNC1)Nc1ccccc1Cl. The molecule has 18 heavy (non-hydrogen) atoms. The third kappa shape index (κ3) is 3.98. The van der Waals surface area contributed by atoms with Crippen LogP contribution in [0, 0.1) is 0 Å². The Morgan fingerprint density at radius 3 is 3.06 bits per heavy atom. The van der Waals surface area contributed by atoms with E-state index >= 15 is 0 Å². The fourth-order valence-corrected chi connectivity index (χ4v) is 2.09. The molecule has 0 saturated carbocycles. The monoisotopic (exact) mass is 268 g/mol. The molecule has 1 saturated heterocycles. The van der Waals surface area contributed by atoms with E-state index in [1.165, 1.54) is 0 Å². The Morgan fingerprint density at radius 2 is 2.33 bits per heavy atom. The van der Waals surface area contributed by atoms with Crippen molar-refractivity contribution in [2.24, 2.45) is 0 Å². The lowest BCUT2D eigenvalue weighted by Gasteiger charge is -2.22. The minimum Gasteiger partial charge on any atom is -0.367 e. The van der Waals surface area contributed by atoms with Gasteiger partial charge < -0.3 is 15.4 Å². The van der Waals surface area contributed by atoms with Gasteiger partial charge in [-0.15, -0.1) is 0 Å². The minimum atomic E-state index is -0.173. The summed E-state index contributed by atoms with van der Waals surface area (Å²) in [6.07, 6.45) is 2.24. The zero-order chi connectivity index (χ0) is 12.8. The van der Waals surface area contributed by atoms with Gasteiger partial charge in [0.2, 0.25) is 5.91 Å². The summed E-state index contributed by atoms with van der Waals surface area (Å²) in [6, 6.07) is 7.15. The number of rotatable bonds is 4. The Labute approximate surface area is 112 Å². The number of hydrogen-bond acceptors (Lipinski definition) is 3. The highest BCUT2D eigenvalue weighted by Crippen LogP contribution is 2.20. The van der Waals surface area contributed by atoms with E-state index in [0.717, 1.165) is 25.9 Å². The fraction of sp³-hybridized carbons (Fsp3) is 0.462. The van der Waals surface area contributed by atoms with Crippen molar-refractivity contribution in [2.45, 2.75) is 18.9 Å². The first-order chi connectivity index (χ1) is 8.75. The summed E-state index contributed by atoms with van der Waals surface area (Å²) in [5.41, 5.74) is 0.620. The van der Waals surface area contributed by atoms with E-state index in [-0.39, 0.29) is 18.6 Å². The molecule has 0 aliphatic carbocycles. The van der Waals surface area contributed by atoms with Crippen LogP contribution in [-0.4, -0.2) is 31.7 Å². The molecule has 0 radical (unpaired) electrons. The fourth-order valence-electron chi connectivity index (χ4n) is 1.90. The van der Waals surface area contributed by atoms with Gasteiger partial charge in [0, 0.05) is 6.54 Å². The lowest BCUT2D eigenvalue weighted by molar-refractivity contribution is -0.122. The number of para-hydroxylation sites is 1. The van der Waals surface area contributed by atoms with Crippen LogP contribution in [0.5, 0.6) is 0 Å². The zero-order valence-electron chi connectivity index (χ0n) is 10.1. The number of amides is 1. The summed E-state index contributed by atoms with van der Waals surface area (Å²) in [5.74, 6) is -0.173. The second-order valence-electron chi connectivity index (χ2n) is 4.31. The van der Waals surface area contributed by atoms with Crippen molar-refractivity contribution in [1.29, 1.82) is 0 Å². The highest BCUT2D eigenvalue weighted by Gasteiger charge is 2.15. The topological polar surface area (TPSA) is 50.4 Å². The van der Waals surface area contributed by atoms with Gasteiger partial charge in [-0.1, -0.05) is 23.7 Å². The van der Waals surface area contributed by atoms with Crippen molar-refractivity contribution in [1.82, 2.24) is 5.32 Å². The summed E-state index contributed by atoms with van der Waals surface area (Å²) in [5, 5.41) is 6.51. The summed E-state index contributed by atoms with van der Waals surface area (Å²) in [7, 11) is 0. The zero-order valence-corrected chi connectivity index (χ0v) is 10.9. The number of halogens is 1. The van der Waals surface area contributed by atoms with Crippen molar-refractivity contribution in [3.8, 4) is 0 Å². The van der Waals surface area contributed by atoms with Crippen LogP contribution in [0.4, 0.5) is 5.69 Å². The highest BCUT2D eigenvalue weighted by atomic mass is 35.5. The molecule has 1 fully saturated rings. The van der Waals surface area contributed by atoms with E-state index in [9.17, 15) is 4.79 Å². The van der Waals surface area contributed by atoms with E-state index in [2.05, 4.69) is 10.6 Å². The molecule has 98 valence electrons. The number of hydrogen-bond donors (Lipinski definition) is 2. The average Bonchev–Trinajstić information content (AvgIpc) is 2.40. The molecule has 1 aromatic carbocycles. The molecule has 1 unspecified atom stereocenters. The molecule has 1 aromatic rings. The summed E-state index contributed by atoms with van der Waals surface area (Å²) >= 11 is 5.95. The summed E-state index contributed by atoms with van der Waals surface area (Å²) < 4.78 is 5.54. The predicted molar refractivity (Wildman–Crippen MR) is 71.9 cm³/mol. The molecule has 1 aliphatic heterocycles. The second kappa shape index (κ2) is 6.73. The minimum absolute atomic E-state index is 0.0670.